The van der Waals surface area contributed by atoms with Gasteiger partial charge in [0.15, 0.2) is 0 Å². The van der Waals surface area contributed by atoms with Crippen LogP contribution in [0.1, 0.15) is 18.3 Å². The molecule has 0 saturated heterocycles. The summed E-state index contributed by atoms with van der Waals surface area (Å²) in [5.74, 6) is 0.631. The van der Waals surface area contributed by atoms with E-state index in [1.807, 2.05) is 6.92 Å². The van der Waals surface area contributed by atoms with Crippen LogP contribution in [0.15, 0.2) is 22.0 Å². The van der Waals surface area contributed by atoms with E-state index in [0.717, 1.165) is 4.57 Å². The third-order valence-electron chi connectivity index (χ3n) is 2.80. The van der Waals surface area contributed by atoms with Crippen molar-refractivity contribution in [3.05, 3.63) is 49.8 Å². The van der Waals surface area contributed by atoms with E-state index in [0.29, 0.717) is 17.8 Å². The van der Waals surface area contributed by atoms with Crippen molar-refractivity contribution >= 4 is 11.6 Å². The number of imidazole rings is 1. The Labute approximate surface area is 108 Å². The number of aryl methyl sites for hydroxylation is 1. The molecule has 1 N–H and O–H groups in total. The molecule has 0 saturated carbocycles. The van der Waals surface area contributed by atoms with E-state index >= 15 is 0 Å². The van der Waals surface area contributed by atoms with Gasteiger partial charge in [0, 0.05) is 19.4 Å². The number of rotatable bonds is 3. The second-order valence-corrected chi connectivity index (χ2v) is 4.30. The van der Waals surface area contributed by atoms with E-state index in [4.69, 9.17) is 11.6 Å². The van der Waals surface area contributed by atoms with Gasteiger partial charge in [-0.3, -0.25) is 14.3 Å². The smallest absolute Gasteiger partial charge is 0.329 e. The van der Waals surface area contributed by atoms with Gasteiger partial charge in [0.2, 0.25) is 0 Å². The first-order chi connectivity index (χ1) is 8.54. The number of nitrogens with one attached hydrogen (secondary N) is 1. The van der Waals surface area contributed by atoms with Crippen molar-refractivity contribution in [1.29, 1.82) is 0 Å². The Morgan fingerprint density at radius 2 is 2.17 bits per heavy atom. The van der Waals surface area contributed by atoms with Gasteiger partial charge in [-0.1, -0.05) is 18.5 Å². The molecule has 0 spiro atoms. The van der Waals surface area contributed by atoms with Crippen molar-refractivity contribution in [2.24, 2.45) is 7.05 Å². The van der Waals surface area contributed by atoms with Gasteiger partial charge in [0.25, 0.3) is 5.56 Å². The molecule has 7 heteroatoms. The molecule has 0 aliphatic rings. The number of hydrogen-bond acceptors (Lipinski definition) is 3. The maximum Gasteiger partial charge on any atom is 0.329 e. The standard InChI is InChI=1S/C11H13ClN4O2/c1-3-7-9(12)14-11(18)16(10(7)17)6-8-13-4-5-15(8)2/h4-5H,3,6H2,1-2H3,(H,14,18). The topological polar surface area (TPSA) is 72.7 Å². The van der Waals surface area contributed by atoms with E-state index < -0.39 is 5.69 Å². The molecule has 0 aliphatic heterocycles. The van der Waals surface area contributed by atoms with Crippen LogP contribution < -0.4 is 11.2 Å². The molecule has 0 aromatic carbocycles. The average Bonchev–Trinajstić information content (AvgIpc) is 2.70. The minimum Gasteiger partial charge on any atom is -0.337 e. The van der Waals surface area contributed by atoms with E-state index in [1.54, 1.807) is 24.0 Å². The normalized spacial score (nSPS) is 10.8. The van der Waals surface area contributed by atoms with E-state index in [9.17, 15) is 9.59 Å². The third kappa shape index (κ3) is 2.11. The summed E-state index contributed by atoms with van der Waals surface area (Å²) in [5, 5.41) is 0.114. The number of aromatic amines is 1. The zero-order chi connectivity index (χ0) is 13.3. The highest BCUT2D eigenvalue weighted by molar-refractivity contribution is 6.30. The minimum absolute atomic E-state index is 0.114. The fraction of sp³-hybridized carbons (Fsp3) is 0.364. The van der Waals surface area contributed by atoms with Gasteiger partial charge >= 0.3 is 5.69 Å². The summed E-state index contributed by atoms with van der Waals surface area (Å²) in [6, 6.07) is 0. The second kappa shape index (κ2) is 4.81. The molecule has 96 valence electrons. The maximum atomic E-state index is 12.1. The van der Waals surface area contributed by atoms with Gasteiger partial charge in [-0.05, 0) is 6.42 Å². The Morgan fingerprint density at radius 3 is 2.72 bits per heavy atom. The van der Waals surface area contributed by atoms with Crippen LogP contribution in [0.3, 0.4) is 0 Å². The van der Waals surface area contributed by atoms with Crippen molar-refractivity contribution in [3.63, 3.8) is 0 Å². The summed E-state index contributed by atoms with van der Waals surface area (Å²) in [7, 11) is 1.80. The number of aromatic nitrogens is 4. The molecular weight excluding hydrogens is 256 g/mol. The Balaban J connectivity index is 2.55. The molecule has 0 aliphatic carbocycles. The summed E-state index contributed by atoms with van der Waals surface area (Å²) < 4.78 is 2.86. The largest absolute Gasteiger partial charge is 0.337 e. The zero-order valence-electron chi connectivity index (χ0n) is 10.1. The fourth-order valence-electron chi connectivity index (χ4n) is 1.73. The highest BCUT2D eigenvalue weighted by atomic mass is 35.5. The van der Waals surface area contributed by atoms with Crippen LogP contribution in [0.2, 0.25) is 5.15 Å². The lowest BCUT2D eigenvalue weighted by molar-refractivity contribution is 0.635. The number of H-pyrrole nitrogens is 1. The molecule has 0 fully saturated rings. The lowest BCUT2D eigenvalue weighted by atomic mass is 10.2. The summed E-state index contributed by atoms with van der Waals surface area (Å²) in [4.78, 5) is 30.4. The lowest BCUT2D eigenvalue weighted by Crippen LogP contribution is -2.38. The Bertz CT molecular complexity index is 683. The van der Waals surface area contributed by atoms with Crippen molar-refractivity contribution in [2.45, 2.75) is 19.9 Å². The summed E-state index contributed by atoms with van der Waals surface area (Å²) >= 11 is 5.83. The van der Waals surface area contributed by atoms with Crippen LogP contribution in [0.25, 0.3) is 0 Å². The minimum atomic E-state index is -0.523. The fourth-order valence-corrected chi connectivity index (χ4v) is 2.02. The predicted octanol–water partition coefficient (Wildman–Crippen LogP) is 0.534. The first-order valence-corrected chi connectivity index (χ1v) is 5.90. The van der Waals surface area contributed by atoms with Crippen LogP contribution in [0.5, 0.6) is 0 Å². The van der Waals surface area contributed by atoms with Crippen molar-refractivity contribution in [1.82, 2.24) is 19.1 Å². The Morgan fingerprint density at radius 1 is 1.44 bits per heavy atom. The van der Waals surface area contributed by atoms with Crippen molar-refractivity contribution < 1.29 is 0 Å². The van der Waals surface area contributed by atoms with Crippen molar-refractivity contribution in [2.75, 3.05) is 0 Å². The molecule has 0 amide bonds. The van der Waals surface area contributed by atoms with Crippen LogP contribution >= 0.6 is 11.6 Å². The van der Waals surface area contributed by atoms with E-state index in [2.05, 4.69) is 9.97 Å². The van der Waals surface area contributed by atoms with Crippen LogP contribution in [-0.4, -0.2) is 19.1 Å². The van der Waals surface area contributed by atoms with E-state index in [1.165, 1.54) is 0 Å². The monoisotopic (exact) mass is 268 g/mol. The molecule has 0 bridgehead atoms. The molecule has 0 unspecified atom stereocenters. The summed E-state index contributed by atoms with van der Waals surface area (Å²) in [6.45, 7) is 1.94. The molecule has 2 aromatic rings. The zero-order valence-corrected chi connectivity index (χ0v) is 10.9. The molecule has 2 aromatic heterocycles. The van der Waals surface area contributed by atoms with Gasteiger partial charge in [-0.15, -0.1) is 0 Å². The first kappa shape index (κ1) is 12.6. The maximum absolute atomic E-state index is 12.1. The second-order valence-electron chi connectivity index (χ2n) is 3.92. The molecule has 2 heterocycles. The van der Waals surface area contributed by atoms with Gasteiger partial charge in [0.1, 0.15) is 11.0 Å². The number of hydrogen-bond donors (Lipinski definition) is 1. The van der Waals surface area contributed by atoms with Gasteiger partial charge in [-0.25, -0.2) is 9.78 Å². The van der Waals surface area contributed by atoms with Gasteiger partial charge < -0.3 is 4.57 Å². The van der Waals surface area contributed by atoms with Crippen molar-refractivity contribution in [3.8, 4) is 0 Å². The van der Waals surface area contributed by atoms with Gasteiger partial charge in [-0.2, -0.15) is 0 Å². The highest BCUT2D eigenvalue weighted by Gasteiger charge is 2.12. The Kier molecular flexibility index (Phi) is 3.38. The molecule has 2 rings (SSSR count). The SMILES string of the molecule is CCc1c(Cl)[nH]c(=O)n(Cc2nccn2C)c1=O. The Hall–Kier alpha value is -1.82. The number of nitrogens with zero attached hydrogens (tertiary/aromatic N) is 3. The molecule has 0 atom stereocenters. The molecule has 18 heavy (non-hydrogen) atoms. The summed E-state index contributed by atoms with van der Waals surface area (Å²) in [5.41, 5.74) is -0.482. The first-order valence-electron chi connectivity index (χ1n) is 5.52. The molecule has 0 radical (unpaired) electrons. The van der Waals surface area contributed by atoms with Gasteiger partial charge in [0.05, 0.1) is 12.1 Å². The van der Waals surface area contributed by atoms with Crippen LogP contribution in [-0.2, 0) is 20.0 Å². The highest BCUT2D eigenvalue weighted by Crippen LogP contribution is 2.06. The quantitative estimate of drug-likeness (QED) is 0.826. The third-order valence-corrected chi connectivity index (χ3v) is 3.13. The summed E-state index contributed by atoms with van der Waals surface area (Å²) in [6.07, 6.45) is 3.84. The number of halogens is 1. The molecular formula is C11H13ClN4O2. The van der Waals surface area contributed by atoms with Crippen LogP contribution in [0, 0.1) is 0 Å². The van der Waals surface area contributed by atoms with Crippen LogP contribution in [0.4, 0.5) is 0 Å². The predicted molar refractivity (Wildman–Crippen MR) is 68.0 cm³/mol. The molecule has 6 nitrogen and oxygen atoms in total. The lowest BCUT2D eigenvalue weighted by Gasteiger charge is -2.07. The van der Waals surface area contributed by atoms with E-state index in [-0.39, 0.29) is 17.3 Å². The average molecular weight is 269 g/mol.